The zero-order chi connectivity index (χ0) is 19.4. The van der Waals surface area contributed by atoms with Crippen molar-refractivity contribution >= 4 is 22.5 Å². The van der Waals surface area contributed by atoms with Gasteiger partial charge in [0.1, 0.15) is 0 Å². The van der Waals surface area contributed by atoms with Crippen molar-refractivity contribution in [2.45, 2.75) is 12.3 Å². The van der Waals surface area contributed by atoms with Crippen molar-refractivity contribution < 1.29 is 23.1 Å². The summed E-state index contributed by atoms with van der Waals surface area (Å²) in [7, 11) is 0. The molecule has 1 unspecified atom stereocenters. The minimum atomic E-state index is -4.58. The van der Waals surface area contributed by atoms with Crippen LogP contribution in [0.15, 0.2) is 66.7 Å². The van der Waals surface area contributed by atoms with Crippen molar-refractivity contribution in [3.8, 4) is 0 Å². The Hall–Kier alpha value is -3.06. The standard InChI is InChI=1S/C20H17F3N2O2/c21-20(22,23)16-10-3-4-11-17(16)25-19(27)24-12-18(26)15-9-5-7-13-6-1-2-8-14(13)15/h1-11,18,26H,12H2,(H2,24,25,27). The molecule has 0 radical (unpaired) electrons. The second-order valence-corrected chi connectivity index (χ2v) is 5.96. The molecule has 140 valence electrons. The summed E-state index contributed by atoms with van der Waals surface area (Å²) in [4.78, 5) is 12.0. The van der Waals surface area contributed by atoms with E-state index in [2.05, 4.69) is 10.6 Å². The summed E-state index contributed by atoms with van der Waals surface area (Å²) >= 11 is 0. The van der Waals surface area contributed by atoms with Gasteiger partial charge < -0.3 is 15.7 Å². The fourth-order valence-corrected chi connectivity index (χ4v) is 2.85. The maximum atomic E-state index is 13.0. The zero-order valence-electron chi connectivity index (χ0n) is 14.1. The Morgan fingerprint density at radius 1 is 0.963 bits per heavy atom. The molecule has 27 heavy (non-hydrogen) atoms. The Bertz CT molecular complexity index is 952. The molecule has 3 aromatic rings. The molecule has 1 atom stereocenters. The van der Waals surface area contributed by atoms with Crippen LogP contribution in [0.5, 0.6) is 0 Å². The van der Waals surface area contributed by atoms with Gasteiger partial charge in [0, 0.05) is 6.54 Å². The molecular formula is C20H17F3N2O2. The van der Waals surface area contributed by atoms with E-state index in [1.807, 2.05) is 30.3 Å². The van der Waals surface area contributed by atoms with Gasteiger partial charge >= 0.3 is 12.2 Å². The molecule has 0 aliphatic heterocycles. The molecule has 0 heterocycles. The van der Waals surface area contributed by atoms with Gasteiger partial charge in [-0.25, -0.2) is 4.79 Å². The van der Waals surface area contributed by atoms with Crippen LogP contribution in [-0.4, -0.2) is 17.7 Å². The highest BCUT2D eigenvalue weighted by Crippen LogP contribution is 2.34. The van der Waals surface area contributed by atoms with Crippen LogP contribution in [0.25, 0.3) is 10.8 Å². The highest BCUT2D eigenvalue weighted by molar-refractivity contribution is 5.90. The summed E-state index contributed by atoms with van der Waals surface area (Å²) in [5.74, 6) is 0. The van der Waals surface area contributed by atoms with Crippen LogP contribution in [0, 0.1) is 0 Å². The highest BCUT2D eigenvalue weighted by Gasteiger charge is 2.33. The number of urea groups is 1. The number of hydrogen-bond donors (Lipinski definition) is 3. The molecule has 0 aromatic heterocycles. The van der Waals surface area contributed by atoms with E-state index < -0.39 is 23.9 Å². The first-order chi connectivity index (χ1) is 12.9. The van der Waals surface area contributed by atoms with Gasteiger partial charge in [0.05, 0.1) is 17.4 Å². The van der Waals surface area contributed by atoms with Crippen molar-refractivity contribution in [3.05, 3.63) is 77.9 Å². The summed E-state index contributed by atoms with van der Waals surface area (Å²) < 4.78 is 38.9. The average molecular weight is 374 g/mol. The van der Waals surface area contributed by atoms with Gasteiger partial charge in [0.25, 0.3) is 0 Å². The molecule has 3 rings (SSSR count). The molecule has 3 N–H and O–H groups in total. The fourth-order valence-electron chi connectivity index (χ4n) is 2.85. The van der Waals surface area contributed by atoms with E-state index in [1.165, 1.54) is 18.2 Å². The van der Waals surface area contributed by atoms with Crippen LogP contribution in [0.1, 0.15) is 17.2 Å². The second-order valence-electron chi connectivity index (χ2n) is 5.96. The lowest BCUT2D eigenvalue weighted by atomic mass is 10.0. The number of amides is 2. The predicted molar refractivity (Wildman–Crippen MR) is 97.4 cm³/mol. The van der Waals surface area contributed by atoms with Crippen LogP contribution in [0.2, 0.25) is 0 Å². The van der Waals surface area contributed by atoms with Crippen LogP contribution in [0.4, 0.5) is 23.7 Å². The fraction of sp³-hybridized carbons (Fsp3) is 0.150. The Morgan fingerprint density at radius 2 is 1.63 bits per heavy atom. The van der Waals surface area contributed by atoms with Crippen molar-refractivity contribution in [1.29, 1.82) is 0 Å². The molecule has 4 nitrogen and oxygen atoms in total. The first-order valence-corrected chi connectivity index (χ1v) is 8.23. The number of aliphatic hydroxyl groups is 1. The zero-order valence-corrected chi connectivity index (χ0v) is 14.1. The number of hydrogen-bond acceptors (Lipinski definition) is 2. The van der Waals surface area contributed by atoms with Gasteiger partial charge in [0.2, 0.25) is 0 Å². The summed E-state index contributed by atoms with van der Waals surface area (Å²) in [6, 6.07) is 16.8. The summed E-state index contributed by atoms with van der Waals surface area (Å²) in [5.41, 5.74) is -0.652. The Balaban J connectivity index is 1.68. The monoisotopic (exact) mass is 374 g/mol. The normalized spacial score (nSPS) is 12.6. The Kier molecular flexibility index (Phi) is 5.32. The van der Waals surface area contributed by atoms with Crippen molar-refractivity contribution in [2.75, 3.05) is 11.9 Å². The van der Waals surface area contributed by atoms with E-state index in [1.54, 1.807) is 12.1 Å². The quantitative estimate of drug-likeness (QED) is 0.619. The number of carbonyl (C=O) groups is 1. The maximum Gasteiger partial charge on any atom is 0.418 e. The molecule has 3 aromatic carbocycles. The third-order valence-corrected chi connectivity index (χ3v) is 4.12. The number of alkyl halides is 3. The molecule has 0 saturated carbocycles. The van der Waals surface area contributed by atoms with E-state index in [9.17, 15) is 23.1 Å². The first kappa shape index (κ1) is 18.7. The summed E-state index contributed by atoms with van der Waals surface area (Å²) in [6.07, 6.45) is -5.58. The van der Waals surface area contributed by atoms with Crippen molar-refractivity contribution in [3.63, 3.8) is 0 Å². The number of rotatable bonds is 4. The third kappa shape index (κ3) is 4.38. The average Bonchev–Trinajstić information content (AvgIpc) is 2.65. The largest absolute Gasteiger partial charge is 0.418 e. The number of anilines is 1. The van der Waals surface area contributed by atoms with Gasteiger partial charge in [-0.15, -0.1) is 0 Å². The number of para-hydroxylation sites is 1. The lowest BCUT2D eigenvalue weighted by molar-refractivity contribution is -0.136. The number of carbonyl (C=O) groups excluding carboxylic acids is 1. The van der Waals surface area contributed by atoms with Crippen LogP contribution in [-0.2, 0) is 6.18 Å². The maximum absolute atomic E-state index is 13.0. The minimum absolute atomic E-state index is 0.145. The molecule has 0 bridgehead atoms. The second kappa shape index (κ2) is 7.67. The molecule has 0 aliphatic rings. The van der Waals surface area contributed by atoms with Crippen LogP contribution >= 0.6 is 0 Å². The molecule has 0 aliphatic carbocycles. The van der Waals surface area contributed by atoms with E-state index in [4.69, 9.17) is 0 Å². The van der Waals surface area contributed by atoms with Gasteiger partial charge in [-0.2, -0.15) is 13.2 Å². The first-order valence-electron chi connectivity index (χ1n) is 8.23. The topological polar surface area (TPSA) is 61.4 Å². The molecule has 0 fully saturated rings. The van der Waals surface area contributed by atoms with Gasteiger partial charge in [-0.05, 0) is 28.5 Å². The van der Waals surface area contributed by atoms with E-state index in [-0.39, 0.29) is 12.2 Å². The molecular weight excluding hydrogens is 357 g/mol. The lowest BCUT2D eigenvalue weighted by Crippen LogP contribution is -2.33. The molecule has 0 saturated heterocycles. The molecule has 0 spiro atoms. The van der Waals surface area contributed by atoms with Crippen LogP contribution < -0.4 is 10.6 Å². The SMILES string of the molecule is O=C(NCC(O)c1cccc2ccccc12)Nc1ccccc1C(F)(F)F. The van der Waals surface area contributed by atoms with E-state index in [0.717, 1.165) is 16.8 Å². The highest BCUT2D eigenvalue weighted by atomic mass is 19.4. The number of halogens is 3. The van der Waals surface area contributed by atoms with Gasteiger partial charge in [-0.3, -0.25) is 0 Å². The lowest BCUT2D eigenvalue weighted by Gasteiger charge is -2.17. The van der Waals surface area contributed by atoms with E-state index >= 15 is 0 Å². The van der Waals surface area contributed by atoms with E-state index in [0.29, 0.717) is 5.56 Å². The van der Waals surface area contributed by atoms with Gasteiger partial charge in [-0.1, -0.05) is 54.6 Å². The number of aliphatic hydroxyl groups excluding tert-OH is 1. The summed E-state index contributed by atoms with van der Waals surface area (Å²) in [5, 5.41) is 16.8. The summed E-state index contributed by atoms with van der Waals surface area (Å²) in [6.45, 7) is -0.145. The van der Waals surface area contributed by atoms with Crippen molar-refractivity contribution in [1.82, 2.24) is 5.32 Å². The third-order valence-electron chi connectivity index (χ3n) is 4.12. The minimum Gasteiger partial charge on any atom is -0.387 e. The van der Waals surface area contributed by atoms with Crippen molar-refractivity contribution in [2.24, 2.45) is 0 Å². The van der Waals surface area contributed by atoms with Gasteiger partial charge in [0.15, 0.2) is 0 Å². The predicted octanol–water partition coefficient (Wildman–Crippen LogP) is 4.71. The smallest absolute Gasteiger partial charge is 0.387 e. The number of nitrogens with one attached hydrogen (secondary N) is 2. The molecule has 2 amide bonds. The Morgan fingerprint density at radius 3 is 2.41 bits per heavy atom. The Labute approximate surface area is 153 Å². The molecule has 7 heteroatoms. The number of fused-ring (bicyclic) bond motifs is 1. The number of benzene rings is 3. The van der Waals surface area contributed by atoms with Crippen LogP contribution in [0.3, 0.4) is 0 Å².